The van der Waals surface area contributed by atoms with E-state index in [9.17, 15) is 9.18 Å². The zero-order valence-corrected chi connectivity index (χ0v) is 21.1. The summed E-state index contributed by atoms with van der Waals surface area (Å²) in [6.07, 6.45) is 1.60. The molecule has 3 aromatic carbocycles. The molecule has 0 aromatic heterocycles. The van der Waals surface area contributed by atoms with Gasteiger partial charge in [0.05, 0.1) is 10.7 Å². The summed E-state index contributed by atoms with van der Waals surface area (Å²) < 4.78 is 32.2. The summed E-state index contributed by atoms with van der Waals surface area (Å²) in [5.74, 6) is 0.194. The Kier molecular flexibility index (Phi) is 7.09. The number of aliphatic imine (C=N–C) groups is 1. The molecule has 0 fully saturated rings. The van der Waals surface area contributed by atoms with Gasteiger partial charge in [0, 0.05) is 14.7 Å². The highest BCUT2D eigenvalue weighted by Gasteiger charge is 2.25. The molecule has 5 nitrogen and oxygen atoms in total. The Labute approximate surface area is 211 Å². The number of cyclic esters (lactones) is 1. The second-order valence-electron chi connectivity index (χ2n) is 6.76. The van der Waals surface area contributed by atoms with Gasteiger partial charge >= 0.3 is 5.97 Å². The highest BCUT2D eigenvalue weighted by molar-refractivity contribution is 14.1. The van der Waals surface area contributed by atoms with Crippen LogP contribution in [0.2, 0.25) is 0 Å². The number of ether oxygens (including phenoxy) is 3. The fourth-order valence-corrected chi connectivity index (χ4v) is 4.36. The van der Waals surface area contributed by atoms with E-state index in [1.54, 1.807) is 25.3 Å². The van der Waals surface area contributed by atoms with Crippen LogP contribution in [0.4, 0.5) is 4.39 Å². The monoisotopic (exact) mass is 655 g/mol. The molecule has 0 N–H and O–H groups in total. The zero-order valence-electron chi connectivity index (χ0n) is 16.8. The van der Waals surface area contributed by atoms with Crippen LogP contribution in [0.5, 0.6) is 11.5 Å². The molecule has 0 unspecified atom stereocenters. The quantitative estimate of drug-likeness (QED) is 0.187. The molecule has 162 valence electrons. The van der Waals surface area contributed by atoms with E-state index in [0.29, 0.717) is 29.2 Å². The van der Waals surface area contributed by atoms with Crippen molar-refractivity contribution in [3.05, 3.63) is 96.0 Å². The summed E-state index contributed by atoms with van der Waals surface area (Å²) in [6.45, 7) is 0.402. The average Bonchev–Trinajstić information content (AvgIpc) is 3.14. The first-order chi connectivity index (χ1) is 15.4. The SMILES string of the molecule is COc1cc(/C=C2\N=C(c3cccc(F)c3)OC2=O)cc(I)c1OCc1ccccc1I. The first-order valence-corrected chi connectivity index (χ1v) is 11.6. The first kappa shape index (κ1) is 22.7. The molecule has 4 rings (SSSR count). The van der Waals surface area contributed by atoms with E-state index in [2.05, 4.69) is 50.2 Å². The van der Waals surface area contributed by atoms with Crippen molar-refractivity contribution in [3.8, 4) is 11.5 Å². The number of carbonyl (C=O) groups excluding carboxylic acids is 1. The van der Waals surface area contributed by atoms with Crippen molar-refractivity contribution in [1.82, 2.24) is 0 Å². The smallest absolute Gasteiger partial charge is 0.363 e. The minimum Gasteiger partial charge on any atom is -0.493 e. The van der Waals surface area contributed by atoms with Gasteiger partial charge in [-0.1, -0.05) is 24.3 Å². The number of rotatable bonds is 6. The van der Waals surface area contributed by atoms with Crippen molar-refractivity contribution in [1.29, 1.82) is 0 Å². The molecule has 0 radical (unpaired) electrons. The number of methoxy groups -OCH3 is 1. The van der Waals surface area contributed by atoms with Crippen LogP contribution in [0.25, 0.3) is 6.08 Å². The van der Waals surface area contributed by atoms with Crippen molar-refractivity contribution in [2.75, 3.05) is 7.11 Å². The summed E-state index contributed by atoms with van der Waals surface area (Å²) in [4.78, 5) is 16.5. The Hall–Kier alpha value is -2.47. The van der Waals surface area contributed by atoms with Gasteiger partial charge in [0.25, 0.3) is 0 Å². The number of halogens is 3. The molecule has 8 heteroatoms. The summed E-state index contributed by atoms with van der Waals surface area (Å²) in [5.41, 5.74) is 2.29. The van der Waals surface area contributed by atoms with E-state index in [4.69, 9.17) is 14.2 Å². The number of benzene rings is 3. The van der Waals surface area contributed by atoms with Gasteiger partial charge in [0.15, 0.2) is 17.2 Å². The van der Waals surface area contributed by atoms with E-state index >= 15 is 0 Å². The van der Waals surface area contributed by atoms with Gasteiger partial charge in [-0.2, -0.15) is 0 Å². The molecule has 0 saturated heterocycles. The Balaban J connectivity index is 1.60. The minimum absolute atomic E-state index is 0.0693. The fourth-order valence-electron chi connectivity index (χ4n) is 3.04. The minimum atomic E-state index is -0.600. The number of esters is 1. The van der Waals surface area contributed by atoms with Crippen LogP contribution in [0.3, 0.4) is 0 Å². The van der Waals surface area contributed by atoms with Crippen molar-refractivity contribution < 1.29 is 23.4 Å². The van der Waals surface area contributed by atoms with Gasteiger partial charge in [0.1, 0.15) is 12.4 Å². The van der Waals surface area contributed by atoms with Crippen molar-refractivity contribution in [2.24, 2.45) is 4.99 Å². The molecule has 0 atom stereocenters. The molecule has 32 heavy (non-hydrogen) atoms. The van der Waals surface area contributed by atoms with Crippen LogP contribution in [0.15, 0.2) is 71.4 Å². The predicted molar refractivity (Wildman–Crippen MR) is 136 cm³/mol. The Bertz CT molecular complexity index is 1260. The highest BCUT2D eigenvalue weighted by Crippen LogP contribution is 2.36. The lowest BCUT2D eigenvalue weighted by atomic mass is 10.1. The normalized spacial score (nSPS) is 14.3. The lowest BCUT2D eigenvalue weighted by Crippen LogP contribution is -2.05. The largest absolute Gasteiger partial charge is 0.493 e. The molecular formula is C24H16FI2NO4. The van der Waals surface area contributed by atoms with Gasteiger partial charge in [-0.3, -0.25) is 0 Å². The van der Waals surface area contributed by atoms with E-state index in [-0.39, 0.29) is 11.6 Å². The van der Waals surface area contributed by atoms with Gasteiger partial charge in [-0.25, -0.2) is 14.2 Å². The number of hydrogen-bond acceptors (Lipinski definition) is 5. The molecule has 3 aromatic rings. The second kappa shape index (κ2) is 9.99. The summed E-state index contributed by atoms with van der Waals surface area (Å²) >= 11 is 4.44. The van der Waals surface area contributed by atoms with Gasteiger partial charge in [-0.05, 0) is 93.2 Å². The zero-order chi connectivity index (χ0) is 22.7. The highest BCUT2D eigenvalue weighted by atomic mass is 127. The number of nitrogens with zero attached hydrogens (tertiary/aromatic N) is 1. The maximum atomic E-state index is 13.5. The van der Waals surface area contributed by atoms with Crippen LogP contribution in [0, 0.1) is 13.0 Å². The number of carbonyl (C=O) groups is 1. The summed E-state index contributed by atoms with van der Waals surface area (Å²) in [5, 5.41) is 0. The van der Waals surface area contributed by atoms with Crippen molar-refractivity contribution in [2.45, 2.75) is 6.61 Å². The van der Waals surface area contributed by atoms with Crippen LogP contribution in [-0.4, -0.2) is 19.0 Å². The van der Waals surface area contributed by atoms with Crippen LogP contribution in [-0.2, 0) is 16.1 Å². The second-order valence-corrected chi connectivity index (χ2v) is 9.08. The standard InChI is InChI=1S/C24H16FI2NO4/c1-30-21-11-14(9-19(27)22(21)31-13-16-5-2-3-8-18(16)26)10-20-24(29)32-23(28-20)15-6-4-7-17(25)12-15/h2-12H,13H2,1H3/b20-10-. The molecule has 0 amide bonds. The van der Waals surface area contributed by atoms with Crippen LogP contribution >= 0.6 is 45.2 Å². The van der Waals surface area contributed by atoms with E-state index in [1.807, 2.05) is 30.3 Å². The third-order valence-electron chi connectivity index (χ3n) is 4.58. The van der Waals surface area contributed by atoms with Crippen LogP contribution in [0.1, 0.15) is 16.7 Å². The average molecular weight is 655 g/mol. The van der Waals surface area contributed by atoms with E-state index in [0.717, 1.165) is 12.7 Å². The molecular weight excluding hydrogens is 639 g/mol. The predicted octanol–water partition coefficient (Wildman–Crippen LogP) is 5.97. The third kappa shape index (κ3) is 5.12. The lowest BCUT2D eigenvalue weighted by Gasteiger charge is -2.14. The summed E-state index contributed by atoms with van der Waals surface area (Å²) in [6, 6.07) is 17.4. The van der Waals surface area contributed by atoms with Crippen LogP contribution < -0.4 is 9.47 Å². The maximum Gasteiger partial charge on any atom is 0.363 e. The summed E-state index contributed by atoms with van der Waals surface area (Å²) in [7, 11) is 1.56. The molecule has 0 saturated carbocycles. The lowest BCUT2D eigenvalue weighted by molar-refractivity contribution is -0.129. The number of hydrogen-bond donors (Lipinski definition) is 0. The van der Waals surface area contributed by atoms with Gasteiger partial charge in [0.2, 0.25) is 5.90 Å². The van der Waals surface area contributed by atoms with Gasteiger partial charge in [-0.15, -0.1) is 0 Å². The Morgan fingerprint density at radius 1 is 1.06 bits per heavy atom. The van der Waals surface area contributed by atoms with Crippen molar-refractivity contribution >= 4 is 63.1 Å². The fraction of sp³-hybridized carbons (Fsp3) is 0.0833. The third-order valence-corrected chi connectivity index (χ3v) is 6.43. The van der Waals surface area contributed by atoms with E-state index < -0.39 is 11.8 Å². The van der Waals surface area contributed by atoms with Gasteiger partial charge < -0.3 is 14.2 Å². The molecule has 1 aliphatic heterocycles. The van der Waals surface area contributed by atoms with E-state index in [1.165, 1.54) is 18.2 Å². The Morgan fingerprint density at radius 2 is 1.88 bits per heavy atom. The first-order valence-electron chi connectivity index (χ1n) is 9.47. The maximum absolute atomic E-state index is 13.5. The molecule has 0 bridgehead atoms. The molecule has 0 spiro atoms. The molecule has 1 aliphatic rings. The molecule has 1 heterocycles. The Morgan fingerprint density at radius 3 is 2.62 bits per heavy atom. The molecule has 0 aliphatic carbocycles. The van der Waals surface area contributed by atoms with Crippen molar-refractivity contribution in [3.63, 3.8) is 0 Å². The topological polar surface area (TPSA) is 57.1 Å².